The second kappa shape index (κ2) is 3.72. The van der Waals surface area contributed by atoms with E-state index >= 15 is 0 Å². The lowest BCUT2D eigenvalue weighted by molar-refractivity contribution is 0.537. The van der Waals surface area contributed by atoms with Crippen molar-refractivity contribution in [3.8, 4) is 5.88 Å². The quantitative estimate of drug-likeness (QED) is 0.528. The summed E-state index contributed by atoms with van der Waals surface area (Å²) in [5.74, 6) is 0.356. The van der Waals surface area contributed by atoms with Crippen molar-refractivity contribution in [1.82, 2.24) is 19.4 Å². The second-order valence-electron chi connectivity index (χ2n) is 3.97. The van der Waals surface area contributed by atoms with Crippen LogP contribution in [0.5, 0.6) is 0 Å². The SMILES string of the molecule is O=c1c2sncc2nnn1-c1cc2ccccc2o1. The predicted molar refractivity (Wildman–Crippen MR) is 70.6 cm³/mol. The van der Waals surface area contributed by atoms with Crippen molar-refractivity contribution in [1.29, 1.82) is 0 Å². The van der Waals surface area contributed by atoms with Gasteiger partial charge in [-0.25, -0.2) is 0 Å². The minimum absolute atomic E-state index is 0.272. The molecule has 6 nitrogen and oxygen atoms in total. The summed E-state index contributed by atoms with van der Waals surface area (Å²) in [5.41, 5.74) is 0.935. The molecule has 1 aromatic carbocycles. The first-order valence-corrected chi connectivity index (χ1v) is 6.29. The number of benzene rings is 1. The second-order valence-corrected chi connectivity index (χ2v) is 4.77. The predicted octanol–water partition coefficient (Wildman–Crippen LogP) is 1.98. The molecule has 0 aliphatic heterocycles. The highest BCUT2D eigenvalue weighted by Crippen LogP contribution is 2.20. The van der Waals surface area contributed by atoms with Gasteiger partial charge >= 0.3 is 0 Å². The van der Waals surface area contributed by atoms with Crippen LogP contribution in [0, 0.1) is 0 Å². The van der Waals surface area contributed by atoms with Gasteiger partial charge in [0.1, 0.15) is 15.8 Å². The molecule has 0 amide bonds. The van der Waals surface area contributed by atoms with Gasteiger partial charge in [0.05, 0.1) is 6.20 Å². The van der Waals surface area contributed by atoms with Crippen molar-refractivity contribution in [2.45, 2.75) is 0 Å². The van der Waals surface area contributed by atoms with Crippen molar-refractivity contribution in [2.24, 2.45) is 0 Å². The average molecular weight is 270 g/mol. The highest BCUT2D eigenvalue weighted by molar-refractivity contribution is 7.13. The number of fused-ring (bicyclic) bond motifs is 2. The first-order valence-electron chi connectivity index (χ1n) is 5.52. The largest absolute Gasteiger partial charge is 0.438 e. The third-order valence-corrected chi connectivity index (χ3v) is 3.58. The van der Waals surface area contributed by atoms with Gasteiger partial charge in [0.25, 0.3) is 5.56 Å². The standard InChI is InChI=1S/C12H6N4O2S/c17-12-11-8(6-13-19-11)14-15-16(12)10-5-7-3-1-2-4-9(7)18-10/h1-6H. The average Bonchev–Trinajstić information content (AvgIpc) is 3.05. The maximum Gasteiger partial charge on any atom is 0.296 e. The number of hydrogen-bond acceptors (Lipinski definition) is 6. The molecule has 0 fully saturated rings. The Labute approximate surface area is 110 Å². The highest BCUT2D eigenvalue weighted by atomic mass is 32.1. The van der Waals surface area contributed by atoms with Crippen LogP contribution in [0.2, 0.25) is 0 Å². The number of hydrogen-bond donors (Lipinski definition) is 0. The summed E-state index contributed by atoms with van der Waals surface area (Å²) < 4.78 is 11.2. The molecule has 3 aromatic heterocycles. The fourth-order valence-corrected chi connectivity index (χ4v) is 2.51. The number of nitrogens with zero attached hydrogens (tertiary/aromatic N) is 4. The molecule has 0 unspecified atom stereocenters. The van der Waals surface area contributed by atoms with Crippen molar-refractivity contribution >= 4 is 32.7 Å². The molecule has 7 heteroatoms. The van der Waals surface area contributed by atoms with Gasteiger partial charge in [0.2, 0.25) is 5.88 Å². The molecule has 0 radical (unpaired) electrons. The van der Waals surface area contributed by atoms with Crippen LogP contribution in [0.25, 0.3) is 27.1 Å². The van der Waals surface area contributed by atoms with Crippen LogP contribution in [-0.4, -0.2) is 19.4 Å². The molecule has 0 saturated heterocycles. The minimum Gasteiger partial charge on any atom is -0.438 e. The summed E-state index contributed by atoms with van der Waals surface area (Å²) in [6.07, 6.45) is 1.53. The van der Waals surface area contributed by atoms with Crippen molar-refractivity contribution in [3.63, 3.8) is 0 Å². The van der Waals surface area contributed by atoms with Crippen LogP contribution in [0.1, 0.15) is 0 Å². The van der Waals surface area contributed by atoms with E-state index in [0.717, 1.165) is 21.6 Å². The normalized spacial score (nSPS) is 11.4. The molecule has 0 N–H and O–H groups in total. The lowest BCUT2D eigenvalue weighted by Crippen LogP contribution is -2.21. The van der Waals surface area contributed by atoms with Crippen LogP contribution < -0.4 is 5.56 Å². The Bertz CT molecular complexity index is 920. The first-order chi connectivity index (χ1) is 9.33. The molecule has 0 saturated carbocycles. The molecule has 4 aromatic rings. The topological polar surface area (TPSA) is 73.8 Å². The lowest BCUT2D eigenvalue weighted by atomic mass is 10.3. The van der Waals surface area contributed by atoms with Crippen molar-refractivity contribution in [3.05, 3.63) is 46.9 Å². The summed E-state index contributed by atoms with van der Waals surface area (Å²) >= 11 is 1.10. The third-order valence-electron chi connectivity index (χ3n) is 2.80. The van der Waals surface area contributed by atoms with Crippen LogP contribution >= 0.6 is 11.5 Å². The molecule has 0 spiro atoms. The Kier molecular flexibility index (Phi) is 2.04. The Hall–Kier alpha value is -2.54. The van der Waals surface area contributed by atoms with Gasteiger partial charge in [0.15, 0.2) is 0 Å². The summed E-state index contributed by atoms with van der Waals surface area (Å²) in [6, 6.07) is 9.28. The van der Waals surface area contributed by atoms with Gasteiger partial charge in [-0.3, -0.25) is 4.79 Å². The smallest absolute Gasteiger partial charge is 0.296 e. The fraction of sp³-hybridized carbons (Fsp3) is 0. The molecule has 0 aliphatic carbocycles. The maximum absolute atomic E-state index is 12.2. The molecule has 0 bridgehead atoms. The van der Waals surface area contributed by atoms with Crippen LogP contribution in [-0.2, 0) is 0 Å². The maximum atomic E-state index is 12.2. The monoisotopic (exact) mass is 270 g/mol. The number of rotatable bonds is 1. The lowest BCUT2D eigenvalue weighted by Gasteiger charge is -1.96. The van der Waals surface area contributed by atoms with E-state index in [4.69, 9.17) is 4.42 Å². The van der Waals surface area contributed by atoms with Crippen LogP contribution in [0.4, 0.5) is 0 Å². The molecular formula is C12H6N4O2S. The summed E-state index contributed by atoms with van der Waals surface area (Å²) in [6.45, 7) is 0. The van der Waals surface area contributed by atoms with Gasteiger partial charge in [-0.2, -0.15) is 4.37 Å². The van der Waals surface area contributed by atoms with Gasteiger partial charge in [-0.1, -0.05) is 23.4 Å². The third kappa shape index (κ3) is 1.48. The fourth-order valence-electron chi connectivity index (χ4n) is 1.90. The zero-order chi connectivity index (χ0) is 12.8. The van der Waals surface area contributed by atoms with E-state index in [0.29, 0.717) is 21.7 Å². The van der Waals surface area contributed by atoms with Crippen LogP contribution in [0.3, 0.4) is 0 Å². The van der Waals surface area contributed by atoms with E-state index in [1.54, 1.807) is 6.07 Å². The van der Waals surface area contributed by atoms with Gasteiger partial charge < -0.3 is 4.42 Å². The molecule has 0 aliphatic rings. The first kappa shape index (κ1) is 10.4. The number of aromatic nitrogens is 4. The van der Waals surface area contributed by atoms with Gasteiger partial charge in [0, 0.05) is 11.5 Å². The molecule has 3 heterocycles. The van der Waals surface area contributed by atoms with E-state index in [1.165, 1.54) is 6.20 Å². The molecular weight excluding hydrogens is 264 g/mol. The van der Waals surface area contributed by atoms with Gasteiger partial charge in [-0.05, 0) is 17.6 Å². The van der Waals surface area contributed by atoms with Crippen LogP contribution in [0.15, 0.2) is 45.7 Å². The molecule has 92 valence electrons. The van der Waals surface area contributed by atoms with E-state index in [1.807, 2.05) is 24.3 Å². The minimum atomic E-state index is -0.272. The van der Waals surface area contributed by atoms with Crippen molar-refractivity contribution < 1.29 is 4.42 Å². The summed E-state index contributed by atoms with van der Waals surface area (Å²) in [5, 5.41) is 8.73. The molecule has 4 rings (SSSR count). The zero-order valence-electron chi connectivity index (χ0n) is 9.48. The Balaban J connectivity index is 2.03. The summed E-state index contributed by atoms with van der Waals surface area (Å²) in [4.78, 5) is 12.2. The zero-order valence-corrected chi connectivity index (χ0v) is 10.3. The molecule has 0 atom stereocenters. The Morgan fingerprint density at radius 2 is 2.16 bits per heavy atom. The number of furan rings is 1. The Morgan fingerprint density at radius 3 is 3.05 bits per heavy atom. The van der Waals surface area contributed by atoms with Crippen molar-refractivity contribution in [2.75, 3.05) is 0 Å². The van der Waals surface area contributed by atoms with E-state index in [-0.39, 0.29) is 5.56 Å². The van der Waals surface area contributed by atoms with E-state index < -0.39 is 0 Å². The van der Waals surface area contributed by atoms with E-state index in [2.05, 4.69) is 14.7 Å². The Morgan fingerprint density at radius 1 is 1.26 bits per heavy atom. The van der Waals surface area contributed by atoms with E-state index in [9.17, 15) is 4.79 Å². The highest BCUT2D eigenvalue weighted by Gasteiger charge is 2.12. The molecule has 19 heavy (non-hydrogen) atoms. The van der Waals surface area contributed by atoms with Gasteiger partial charge in [-0.15, -0.1) is 9.78 Å². The number of para-hydroxylation sites is 1. The summed E-state index contributed by atoms with van der Waals surface area (Å²) in [7, 11) is 0.